The van der Waals surface area contributed by atoms with E-state index >= 15 is 0 Å². The van der Waals surface area contributed by atoms with E-state index in [4.69, 9.17) is 0 Å². The van der Waals surface area contributed by atoms with Gasteiger partial charge in [0.2, 0.25) is 5.91 Å². The molecule has 2 atom stereocenters. The monoisotopic (exact) mass is 203 g/mol. The van der Waals surface area contributed by atoms with Gasteiger partial charge in [0.15, 0.2) is 0 Å². The molecule has 0 heterocycles. The molecular formula is C13H17NO. The fourth-order valence-electron chi connectivity index (χ4n) is 2.49. The Hall–Kier alpha value is -1.31. The van der Waals surface area contributed by atoms with Crippen LogP contribution in [-0.4, -0.2) is 11.9 Å². The third kappa shape index (κ3) is 2.38. The summed E-state index contributed by atoms with van der Waals surface area (Å²) in [7, 11) is 0. The fourth-order valence-corrected chi connectivity index (χ4v) is 2.49. The normalized spacial score (nSPS) is 25.1. The van der Waals surface area contributed by atoms with Crippen LogP contribution in [0, 0.1) is 0 Å². The summed E-state index contributed by atoms with van der Waals surface area (Å²) in [6, 6.07) is 10.8. The van der Waals surface area contributed by atoms with Crippen molar-refractivity contribution in [2.75, 3.05) is 0 Å². The first-order valence-corrected chi connectivity index (χ1v) is 5.59. The van der Waals surface area contributed by atoms with E-state index in [0.29, 0.717) is 12.0 Å². The molecular weight excluding hydrogens is 186 g/mol. The van der Waals surface area contributed by atoms with Crippen LogP contribution < -0.4 is 5.32 Å². The van der Waals surface area contributed by atoms with Crippen molar-refractivity contribution in [2.24, 2.45) is 0 Å². The average molecular weight is 203 g/mol. The third-order valence-electron chi connectivity index (χ3n) is 3.13. The van der Waals surface area contributed by atoms with E-state index in [0.717, 1.165) is 6.42 Å². The van der Waals surface area contributed by atoms with Crippen molar-refractivity contribution >= 4 is 5.91 Å². The van der Waals surface area contributed by atoms with E-state index in [-0.39, 0.29) is 5.91 Å². The van der Waals surface area contributed by atoms with Crippen LogP contribution >= 0.6 is 0 Å². The molecule has 1 fully saturated rings. The van der Waals surface area contributed by atoms with Gasteiger partial charge in [-0.3, -0.25) is 4.79 Å². The van der Waals surface area contributed by atoms with Crippen LogP contribution in [0.1, 0.15) is 37.7 Å². The second-order valence-electron chi connectivity index (χ2n) is 4.26. The molecule has 1 N–H and O–H groups in total. The Kier molecular flexibility index (Phi) is 3.05. The average Bonchev–Trinajstić information content (AvgIpc) is 2.66. The molecule has 0 saturated heterocycles. The van der Waals surface area contributed by atoms with Crippen LogP contribution in [0.15, 0.2) is 30.3 Å². The van der Waals surface area contributed by atoms with Crippen molar-refractivity contribution < 1.29 is 4.79 Å². The topological polar surface area (TPSA) is 29.1 Å². The summed E-state index contributed by atoms with van der Waals surface area (Å²) in [6.45, 7) is 1.60. The van der Waals surface area contributed by atoms with Gasteiger partial charge in [-0.1, -0.05) is 36.8 Å². The fraction of sp³-hybridized carbons (Fsp3) is 0.462. The first-order valence-electron chi connectivity index (χ1n) is 5.59. The van der Waals surface area contributed by atoms with Gasteiger partial charge in [0, 0.05) is 18.9 Å². The first kappa shape index (κ1) is 10.2. The van der Waals surface area contributed by atoms with Crippen LogP contribution in [0.4, 0.5) is 0 Å². The Bertz CT molecular complexity index is 334. The molecule has 2 nitrogen and oxygen atoms in total. The number of hydrogen-bond donors (Lipinski definition) is 1. The molecule has 80 valence electrons. The van der Waals surface area contributed by atoms with Gasteiger partial charge in [-0.05, 0) is 18.4 Å². The predicted octanol–water partition coefficient (Wildman–Crippen LogP) is 2.46. The molecule has 1 amide bonds. The maximum absolute atomic E-state index is 11.1. The van der Waals surface area contributed by atoms with Crippen LogP contribution in [0.5, 0.6) is 0 Å². The number of rotatable bonds is 2. The molecule has 2 heteroatoms. The summed E-state index contributed by atoms with van der Waals surface area (Å²) in [5.41, 5.74) is 1.36. The summed E-state index contributed by atoms with van der Waals surface area (Å²) in [5, 5.41) is 3.05. The molecule has 0 spiro atoms. The maximum atomic E-state index is 11.1. The molecule has 2 unspecified atom stereocenters. The highest BCUT2D eigenvalue weighted by Crippen LogP contribution is 2.34. The summed E-state index contributed by atoms with van der Waals surface area (Å²) in [5.74, 6) is 0.595. The maximum Gasteiger partial charge on any atom is 0.217 e. The van der Waals surface area contributed by atoms with Crippen LogP contribution in [0.3, 0.4) is 0 Å². The Balaban J connectivity index is 2.11. The molecule has 0 aliphatic heterocycles. The van der Waals surface area contributed by atoms with Crippen LogP contribution in [0.25, 0.3) is 0 Å². The zero-order valence-corrected chi connectivity index (χ0v) is 9.07. The van der Waals surface area contributed by atoms with Gasteiger partial charge in [-0.25, -0.2) is 0 Å². The van der Waals surface area contributed by atoms with Crippen molar-refractivity contribution in [1.29, 1.82) is 0 Å². The molecule has 1 aliphatic rings. The van der Waals surface area contributed by atoms with Crippen molar-refractivity contribution in [2.45, 2.75) is 38.1 Å². The first-order chi connectivity index (χ1) is 7.27. The van der Waals surface area contributed by atoms with Crippen LogP contribution in [-0.2, 0) is 4.79 Å². The number of carbonyl (C=O) groups excluding carboxylic acids is 1. The van der Waals surface area contributed by atoms with Gasteiger partial charge in [0.1, 0.15) is 0 Å². The van der Waals surface area contributed by atoms with Crippen molar-refractivity contribution in [3.8, 4) is 0 Å². The van der Waals surface area contributed by atoms with E-state index in [1.807, 2.05) is 6.07 Å². The van der Waals surface area contributed by atoms with Crippen molar-refractivity contribution in [3.63, 3.8) is 0 Å². The van der Waals surface area contributed by atoms with Gasteiger partial charge in [0.25, 0.3) is 0 Å². The molecule has 1 saturated carbocycles. The predicted molar refractivity (Wildman–Crippen MR) is 60.6 cm³/mol. The minimum Gasteiger partial charge on any atom is -0.353 e. The van der Waals surface area contributed by atoms with E-state index in [2.05, 4.69) is 29.6 Å². The molecule has 15 heavy (non-hydrogen) atoms. The van der Waals surface area contributed by atoms with Gasteiger partial charge in [0.05, 0.1) is 0 Å². The molecule has 2 rings (SSSR count). The zero-order valence-electron chi connectivity index (χ0n) is 9.07. The van der Waals surface area contributed by atoms with E-state index in [9.17, 15) is 4.79 Å². The SMILES string of the molecule is CC(=O)NC1CCCC1c1ccccc1. The lowest BCUT2D eigenvalue weighted by molar-refractivity contribution is -0.119. The molecule has 0 bridgehead atoms. The Morgan fingerprint density at radius 3 is 2.67 bits per heavy atom. The number of hydrogen-bond acceptors (Lipinski definition) is 1. The highest BCUT2D eigenvalue weighted by atomic mass is 16.1. The van der Waals surface area contributed by atoms with Crippen LogP contribution in [0.2, 0.25) is 0 Å². The molecule has 1 aromatic rings. The third-order valence-corrected chi connectivity index (χ3v) is 3.13. The smallest absolute Gasteiger partial charge is 0.217 e. The number of benzene rings is 1. The Morgan fingerprint density at radius 1 is 1.27 bits per heavy atom. The molecule has 0 radical (unpaired) electrons. The number of amides is 1. The van der Waals surface area contributed by atoms with Gasteiger partial charge >= 0.3 is 0 Å². The van der Waals surface area contributed by atoms with E-state index in [1.54, 1.807) is 6.92 Å². The Morgan fingerprint density at radius 2 is 2.00 bits per heavy atom. The lowest BCUT2D eigenvalue weighted by Gasteiger charge is -2.20. The quantitative estimate of drug-likeness (QED) is 0.786. The summed E-state index contributed by atoms with van der Waals surface area (Å²) < 4.78 is 0. The largest absolute Gasteiger partial charge is 0.353 e. The van der Waals surface area contributed by atoms with E-state index in [1.165, 1.54) is 18.4 Å². The summed E-state index contributed by atoms with van der Waals surface area (Å²) in [6.07, 6.45) is 3.51. The second kappa shape index (κ2) is 4.47. The summed E-state index contributed by atoms with van der Waals surface area (Å²) in [4.78, 5) is 11.1. The van der Waals surface area contributed by atoms with E-state index < -0.39 is 0 Å². The van der Waals surface area contributed by atoms with Crippen molar-refractivity contribution in [1.82, 2.24) is 5.32 Å². The molecule has 0 aromatic heterocycles. The standard InChI is InChI=1S/C13H17NO/c1-10(15)14-13-9-5-8-12(13)11-6-3-2-4-7-11/h2-4,6-7,12-13H,5,8-9H2,1H3,(H,14,15). The number of nitrogens with one attached hydrogen (secondary N) is 1. The lowest BCUT2D eigenvalue weighted by Crippen LogP contribution is -2.34. The molecule has 1 aromatic carbocycles. The summed E-state index contributed by atoms with van der Waals surface area (Å²) >= 11 is 0. The van der Waals surface area contributed by atoms with Gasteiger partial charge in [-0.15, -0.1) is 0 Å². The second-order valence-corrected chi connectivity index (χ2v) is 4.26. The highest BCUT2D eigenvalue weighted by molar-refractivity contribution is 5.73. The van der Waals surface area contributed by atoms with Crippen molar-refractivity contribution in [3.05, 3.63) is 35.9 Å². The molecule has 1 aliphatic carbocycles. The highest BCUT2D eigenvalue weighted by Gasteiger charge is 2.28. The lowest BCUT2D eigenvalue weighted by atomic mass is 9.94. The minimum absolute atomic E-state index is 0.0860. The van der Waals surface area contributed by atoms with Gasteiger partial charge in [-0.2, -0.15) is 0 Å². The number of carbonyl (C=O) groups is 1. The minimum atomic E-state index is 0.0860. The van der Waals surface area contributed by atoms with Gasteiger partial charge < -0.3 is 5.32 Å². The Labute approximate surface area is 90.7 Å². The zero-order chi connectivity index (χ0) is 10.7.